The second-order valence-electron chi connectivity index (χ2n) is 6.71. The number of benzene rings is 1. The molecule has 0 bridgehead atoms. The van der Waals surface area contributed by atoms with Crippen LogP contribution in [0.5, 0.6) is 0 Å². The van der Waals surface area contributed by atoms with Crippen LogP contribution in [-0.4, -0.2) is 28.6 Å². The molecule has 0 atom stereocenters. The van der Waals surface area contributed by atoms with Crippen LogP contribution in [0.2, 0.25) is 0 Å². The first-order valence-electron chi connectivity index (χ1n) is 9.50. The zero-order chi connectivity index (χ0) is 23.1. The van der Waals surface area contributed by atoms with Crippen LogP contribution < -0.4 is 11.0 Å². The summed E-state index contributed by atoms with van der Waals surface area (Å²) in [4.78, 5) is 35.1. The van der Waals surface area contributed by atoms with Gasteiger partial charge >= 0.3 is 11.9 Å². The number of hydrogen-bond acceptors (Lipinski definition) is 8. The van der Waals surface area contributed by atoms with Crippen LogP contribution in [0.15, 0.2) is 59.1 Å². The van der Waals surface area contributed by atoms with Gasteiger partial charge in [0.25, 0.3) is 0 Å². The van der Waals surface area contributed by atoms with Crippen LogP contribution in [0.25, 0.3) is 11.5 Å². The van der Waals surface area contributed by atoms with Crippen molar-refractivity contribution in [3.05, 3.63) is 77.2 Å². The molecule has 4 N–H and O–H groups in total. The Morgan fingerprint density at radius 3 is 2.03 bits per heavy atom. The monoisotopic (exact) mass is 435 g/mol. The van der Waals surface area contributed by atoms with E-state index in [2.05, 4.69) is 25.6 Å². The molecule has 10 heteroatoms. The molecule has 0 saturated heterocycles. The molecular formula is C22H21N5O5. The summed E-state index contributed by atoms with van der Waals surface area (Å²) in [7, 11) is 0. The van der Waals surface area contributed by atoms with Crippen molar-refractivity contribution in [3.8, 4) is 11.5 Å². The van der Waals surface area contributed by atoms with Gasteiger partial charge in [0.1, 0.15) is 11.5 Å². The minimum Gasteiger partial charge on any atom is -0.459 e. The topological polar surface area (TPSA) is 150 Å². The van der Waals surface area contributed by atoms with E-state index in [1.807, 2.05) is 24.3 Å². The Labute approximate surface area is 183 Å². The number of amidine groups is 2. The van der Waals surface area contributed by atoms with Gasteiger partial charge in [-0.05, 0) is 29.8 Å². The molecule has 0 amide bonds. The zero-order valence-corrected chi connectivity index (χ0v) is 17.4. The molecule has 0 radical (unpaired) electrons. The summed E-state index contributed by atoms with van der Waals surface area (Å²) >= 11 is 0. The fraction of sp³-hybridized carbons (Fsp3) is 0.136. The van der Waals surface area contributed by atoms with Gasteiger partial charge in [0.15, 0.2) is 17.4 Å². The molecule has 0 saturated carbocycles. The number of carbonyl (C=O) groups is 2. The van der Waals surface area contributed by atoms with Crippen molar-refractivity contribution in [2.24, 2.45) is 0 Å². The number of carbonyl (C=O) groups excluding carboxylic acids is 2. The third-order valence-corrected chi connectivity index (χ3v) is 4.18. The first kappa shape index (κ1) is 22.2. The number of hydrogen-bond donors (Lipinski definition) is 4. The molecule has 0 spiro atoms. The Hall–Kier alpha value is -4.47. The van der Waals surface area contributed by atoms with Crippen LogP contribution in [-0.2, 0) is 25.7 Å². The van der Waals surface area contributed by atoms with E-state index >= 15 is 0 Å². The van der Waals surface area contributed by atoms with Gasteiger partial charge in [0, 0.05) is 37.6 Å². The Kier molecular flexibility index (Phi) is 6.96. The van der Waals surface area contributed by atoms with E-state index in [0.717, 1.165) is 11.3 Å². The minimum absolute atomic E-state index is 0.0160. The fourth-order valence-electron chi connectivity index (χ4n) is 2.65. The smallest absolute Gasteiger partial charge is 0.329 e. The van der Waals surface area contributed by atoms with Gasteiger partial charge in [-0.15, -0.1) is 0 Å². The fourth-order valence-corrected chi connectivity index (χ4v) is 2.65. The van der Waals surface area contributed by atoms with Crippen LogP contribution in [0.3, 0.4) is 0 Å². The van der Waals surface area contributed by atoms with Gasteiger partial charge in [-0.1, -0.05) is 24.3 Å². The third-order valence-electron chi connectivity index (χ3n) is 4.18. The molecule has 2 heterocycles. The molecule has 32 heavy (non-hydrogen) atoms. The van der Waals surface area contributed by atoms with Crippen LogP contribution in [0.4, 0.5) is 0 Å². The Bertz CT molecular complexity index is 1140. The van der Waals surface area contributed by atoms with Gasteiger partial charge in [-0.2, -0.15) is 0 Å². The predicted octanol–water partition coefficient (Wildman–Crippen LogP) is 2.72. The van der Waals surface area contributed by atoms with Crippen molar-refractivity contribution in [2.45, 2.75) is 20.3 Å². The van der Waals surface area contributed by atoms with Crippen molar-refractivity contribution in [1.29, 1.82) is 10.8 Å². The van der Waals surface area contributed by atoms with E-state index in [0.29, 0.717) is 29.0 Å². The number of nitrogens with zero attached hydrogens (tertiary/aromatic N) is 1. The number of furan rings is 1. The lowest BCUT2D eigenvalue weighted by Crippen LogP contribution is -2.25. The molecule has 0 aliphatic rings. The Morgan fingerprint density at radius 2 is 1.47 bits per heavy atom. The highest BCUT2D eigenvalue weighted by molar-refractivity contribution is 5.96. The molecule has 2 aromatic heterocycles. The molecule has 3 rings (SSSR count). The molecule has 0 aliphatic heterocycles. The van der Waals surface area contributed by atoms with E-state index in [-0.39, 0.29) is 11.7 Å². The Morgan fingerprint density at radius 1 is 0.875 bits per heavy atom. The number of hydroxylamine groups is 2. The average Bonchev–Trinajstić information content (AvgIpc) is 3.24. The van der Waals surface area contributed by atoms with Gasteiger partial charge < -0.3 is 14.1 Å². The second kappa shape index (κ2) is 10.0. The lowest BCUT2D eigenvalue weighted by molar-refractivity contribution is -0.145. The lowest BCUT2D eigenvalue weighted by Gasteiger charge is -2.07. The summed E-state index contributed by atoms with van der Waals surface area (Å²) in [5.74, 6) is 0.137. The molecule has 0 fully saturated rings. The molecule has 1 aromatic carbocycles. The van der Waals surface area contributed by atoms with Crippen LogP contribution in [0, 0.1) is 10.8 Å². The number of nitrogens with one attached hydrogen (secondary N) is 4. The first-order chi connectivity index (χ1) is 15.3. The normalized spacial score (nSPS) is 10.2. The third kappa shape index (κ3) is 6.02. The average molecular weight is 435 g/mol. The van der Waals surface area contributed by atoms with Gasteiger partial charge in [0.2, 0.25) is 0 Å². The van der Waals surface area contributed by atoms with Gasteiger partial charge in [-0.25, -0.2) is 11.0 Å². The predicted molar refractivity (Wildman–Crippen MR) is 115 cm³/mol. The molecule has 10 nitrogen and oxygen atoms in total. The molecule has 164 valence electrons. The highest BCUT2D eigenvalue weighted by atomic mass is 16.7. The highest BCUT2D eigenvalue weighted by Gasteiger charge is 2.10. The van der Waals surface area contributed by atoms with Gasteiger partial charge in [0.05, 0.1) is 0 Å². The number of pyridine rings is 1. The van der Waals surface area contributed by atoms with Crippen molar-refractivity contribution in [3.63, 3.8) is 0 Å². The Balaban J connectivity index is 1.61. The summed E-state index contributed by atoms with van der Waals surface area (Å²) in [5, 5.41) is 15.7. The van der Waals surface area contributed by atoms with Crippen molar-refractivity contribution in [1.82, 2.24) is 15.9 Å². The van der Waals surface area contributed by atoms with E-state index < -0.39 is 11.9 Å². The molecule has 0 unspecified atom stereocenters. The highest BCUT2D eigenvalue weighted by Crippen LogP contribution is 2.22. The standard InChI is InChI=1S/C22H21N5O5/c1-13(28)31-26-21(23)16-5-3-15(4-6-16)11-18-8-10-20(30-18)19-9-7-17(12-25-19)22(24)27-32-14(2)29/h3-10,12H,11H2,1-2H3,(H2,23,26)(H2,24,27). The maximum atomic E-state index is 10.8. The van der Waals surface area contributed by atoms with Crippen molar-refractivity contribution in [2.75, 3.05) is 0 Å². The van der Waals surface area contributed by atoms with Crippen LogP contribution in [0.1, 0.15) is 36.3 Å². The zero-order valence-electron chi connectivity index (χ0n) is 17.4. The number of aromatic nitrogens is 1. The van der Waals surface area contributed by atoms with Crippen LogP contribution >= 0.6 is 0 Å². The minimum atomic E-state index is -0.547. The quantitative estimate of drug-likeness (QED) is 0.271. The first-order valence-corrected chi connectivity index (χ1v) is 9.50. The maximum Gasteiger partial charge on any atom is 0.329 e. The maximum absolute atomic E-state index is 10.8. The van der Waals surface area contributed by atoms with E-state index in [9.17, 15) is 9.59 Å². The van der Waals surface area contributed by atoms with Gasteiger partial charge in [-0.3, -0.25) is 25.4 Å². The SMILES string of the molecule is CC(=O)ONC(=N)c1ccc(Cc2ccc(-c3ccc(C(=N)NOC(C)=O)cn3)o2)cc1. The summed E-state index contributed by atoms with van der Waals surface area (Å²) in [6.45, 7) is 2.48. The largest absolute Gasteiger partial charge is 0.459 e. The van der Waals surface area contributed by atoms with Crippen molar-refractivity contribution >= 4 is 23.6 Å². The van der Waals surface area contributed by atoms with E-state index in [1.54, 1.807) is 24.3 Å². The molecular weight excluding hydrogens is 414 g/mol. The molecule has 0 aliphatic carbocycles. The molecule has 3 aromatic rings. The lowest BCUT2D eigenvalue weighted by atomic mass is 10.1. The summed E-state index contributed by atoms with van der Waals surface area (Å²) in [6.07, 6.45) is 2.02. The summed E-state index contributed by atoms with van der Waals surface area (Å²) in [6, 6.07) is 14.3. The number of rotatable bonds is 5. The van der Waals surface area contributed by atoms with E-state index in [4.69, 9.17) is 15.2 Å². The van der Waals surface area contributed by atoms with Crippen molar-refractivity contribution < 1.29 is 23.7 Å². The summed E-state index contributed by atoms with van der Waals surface area (Å²) < 4.78 is 5.88. The second-order valence-corrected chi connectivity index (χ2v) is 6.71. The summed E-state index contributed by atoms with van der Waals surface area (Å²) in [5.41, 5.74) is 7.13. The van der Waals surface area contributed by atoms with E-state index in [1.165, 1.54) is 20.0 Å².